The Morgan fingerprint density at radius 1 is 0.882 bits per heavy atom. The van der Waals surface area contributed by atoms with Crippen molar-refractivity contribution in [2.75, 3.05) is 26.3 Å². The molecule has 0 saturated carbocycles. The molecule has 2 rings (SSSR count). The number of hydrogen-bond donors (Lipinski definition) is 1. The zero-order valence-electron chi connectivity index (χ0n) is 20.3. The van der Waals surface area contributed by atoms with Crippen molar-refractivity contribution in [3.05, 3.63) is 60.2 Å². The van der Waals surface area contributed by atoms with Crippen LogP contribution in [0.25, 0.3) is 0 Å². The maximum absolute atomic E-state index is 12.7. The molecule has 0 aliphatic rings. The summed E-state index contributed by atoms with van der Waals surface area (Å²) in [5, 5.41) is 9.24. The smallest absolute Gasteiger partial charge is 0.415 e. The Hall–Kier alpha value is -3.06. The molecule has 0 bridgehead atoms. The lowest BCUT2D eigenvalue weighted by Gasteiger charge is -2.22. The Labute approximate surface area is 202 Å². The number of hydrogen-bond acceptors (Lipinski definition) is 5. The number of amides is 1. The molecule has 1 N–H and O–H groups in total. The van der Waals surface area contributed by atoms with E-state index < -0.39 is 12.1 Å². The molecule has 0 aliphatic carbocycles. The van der Waals surface area contributed by atoms with Gasteiger partial charge < -0.3 is 24.2 Å². The van der Waals surface area contributed by atoms with Gasteiger partial charge in [0, 0.05) is 19.6 Å². The number of carboxylic acids is 1. The van der Waals surface area contributed by atoms with E-state index in [1.807, 2.05) is 30.3 Å². The molecular formula is C27H37NO6. The fourth-order valence-electron chi connectivity index (χ4n) is 3.48. The number of rotatable bonds is 16. The van der Waals surface area contributed by atoms with Crippen molar-refractivity contribution >= 4 is 12.1 Å². The van der Waals surface area contributed by atoms with Crippen LogP contribution in [0.2, 0.25) is 0 Å². The second-order valence-corrected chi connectivity index (χ2v) is 8.06. The van der Waals surface area contributed by atoms with Crippen molar-refractivity contribution in [1.29, 1.82) is 0 Å². The topological polar surface area (TPSA) is 85.3 Å². The largest absolute Gasteiger partial charge is 0.492 e. The number of aliphatic carboxylic acids is 1. The van der Waals surface area contributed by atoms with Gasteiger partial charge in [-0.1, -0.05) is 62.9 Å². The SMILES string of the molecule is CCCCCCCN(CCOc1ccc(CC(OCC)C(=O)O)cc1)C(=O)Oc1ccccc1. The number of carboxylic acid groups (broad SMARTS) is 1. The van der Waals surface area contributed by atoms with Crippen molar-refractivity contribution in [1.82, 2.24) is 4.90 Å². The van der Waals surface area contributed by atoms with Gasteiger partial charge in [-0.05, 0) is 43.2 Å². The normalized spacial score (nSPS) is 11.6. The summed E-state index contributed by atoms with van der Waals surface area (Å²) in [6.45, 7) is 5.65. The molecule has 0 radical (unpaired) electrons. The summed E-state index contributed by atoms with van der Waals surface area (Å²) >= 11 is 0. The number of benzene rings is 2. The van der Waals surface area contributed by atoms with E-state index in [1.54, 1.807) is 36.1 Å². The molecule has 0 fully saturated rings. The van der Waals surface area contributed by atoms with Crippen LogP contribution in [-0.2, 0) is 16.0 Å². The summed E-state index contributed by atoms with van der Waals surface area (Å²) in [6.07, 6.45) is 4.58. The molecule has 1 amide bonds. The van der Waals surface area contributed by atoms with Crippen LogP contribution >= 0.6 is 0 Å². The van der Waals surface area contributed by atoms with Gasteiger partial charge in [0.1, 0.15) is 18.1 Å². The summed E-state index contributed by atoms with van der Waals surface area (Å²) in [7, 11) is 0. The Morgan fingerprint density at radius 3 is 2.24 bits per heavy atom. The molecule has 0 aliphatic heterocycles. The molecule has 7 heteroatoms. The van der Waals surface area contributed by atoms with Gasteiger partial charge in [-0.15, -0.1) is 0 Å². The van der Waals surface area contributed by atoms with Crippen LogP contribution in [0, 0.1) is 0 Å². The molecule has 0 spiro atoms. The van der Waals surface area contributed by atoms with E-state index in [2.05, 4.69) is 6.92 Å². The van der Waals surface area contributed by atoms with Gasteiger partial charge in [0.15, 0.2) is 6.10 Å². The third-order valence-corrected chi connectivity index (χ3v) is 5.36. The van der Waals surface area contributed by atoms with Crippen LogP contribution in [0.3, 0.4) is 0 Å². The minimum absolute atomic E-state index is 0.292. The molecule has 1 unspecified atom stereocenters. The number of unbranched alkanes of at least 4 members (excludes halogenated alkanes) is 4. The maximum atomic E-state index is 12.7. The van der Waals surface area contributed by atoms with Gasteiger partial charge in [-0.2, -0.15) is 0 Å². The zero-order valence-corrected chi connectivity index (χ0v) is 20.3. The van der Waals surface area contributed by atoms with Crippen LogP contribution < -0.4 is 9.47 Å². The van der Waals surface area contributed by atoms with E-state index in [-0.39, 0.29) is 6.09 Å². The monoisotopic (exact) mass is 471 g/mol. The Morgan fingerprint density at radius 2 is 1.59 bits per heavy atom. The molecule has 0 saturated heterocycles. The van der Waals surface area contributed by atoms with Crippen LogP contribution in [0.5, 0.6) is 11.5 Å². The van der Waals surface area contributed by atoms with Crippen molar-refractivity contribution in [2.45, 2.75) is 58.5 Å². The second-order valence-electron chi connectivity index (χ2n) is 8.06. The first-order chi connectivity index (χ1) is 16.5. The number of para-hydroxylation sites is 1. The van der Waals surface area contributed by atoms with Gasteiger partial charge in [-0.25, -0.2) is 9.59 Å². The quantitative estimate of drug-likeness (QED) is 0.322. The van der Waals surface area contributed by atoms with Crippen LogP contribution in [0.1, 0.15) is 51.5 Å². The molecule has 0 heterocycles. The number of nitrogens with zero attached hydrogens (tertiary/aromatic N) is 1. The van der Waals surface area contributed by atoms with Crippen LogP contribution in [0.15, 0.2) is 54.6 Å². The molecular weight excluding hydrogens is 434 g/mol. The number of carbonyl (C=O) groups is 2. The van der Waals surface area contributed by atoms with E-state index in [0.29, 0.717) is 44.2 Å². The van der Waals surface area contributed by atoms with Crippen molar-refractivity contribution < 1.29 is 28.9 Å². The molecule has 0 aromatic heterocycles. The number of carbonyl (C=O) groups excluding carboxylic acids is 1. The van der Waals surface area contributed by atoms with Gasteiger partial charge in [-0.3, -0.25) is 0 Å². The van der Waals surface area contributed by atoms with Gasteiger partial charge in [0.25, 0.3) is 0 Å². The summed E-state index contributed by atoms with van der Waals surface area (Å²) < 4.78 is 16.6. The lowest BCUT2D eigenvalue weighted by Crippen LogP contribution is -2.37. The molecule has 1 atom stereocenters. The van der Waals surface area contributed by atoms with Crippen LogP contribution in [-0.4, -0.2) is 54.5 Å². The average Bonchev–Trinajstić information content (AvgIpc) is 2.84. The van der Waals surface area contributed by atoms with Gasteiger partial charge in [0.2, 0.25) is 0 Å². The first kappa shape index (κ1) is 27.2. The maximum Gasteiger partial charge on any atom is 0.415 e. The zero-order chi connectivity index (χ0) is 24.6. The van der Waals surface area contributed by atoms with Gasteiger partial charge in [0.05, 0.1) is 6.54 Å². The lowest BCUT2D eigenvalue weighted by atomic mass is 10.1. The third kappa shape index (κ3) is 10.3. The Bertz CT molecular complexity index is 840. The minimum Gasteiger partial charge on any atom is -0.492 e. The molecule has 2 aromatic carbocycles. The first-order valence-electron chi connectivity index (χ1n) is 12.1. The highest BCUT2D eigenvalue weighted by Gasteiger charge is 2.18. The minimum atomic E-state index is -0.973. The van der Waals surface area contributed by atoms with E-state index in [1.165, 1.54) is 12.8 Å². The summed E-state index contributed by atoms with van der Waals surface area (Å²) in [5.74, 6) is 0.206. The first-order valence-corrected chi connectivity index (χ1v) is 12.1. The van der Waals surface area contributed by atoms with E-state index in [4.69, 9.17) is 14.2 Å². The third-order valence-electron chi connectivity index (χ3n) is 5.36. The predicted molar refractivity (Wildman–Crippen MR) is 131 cm³/mol. The Balaban J connectivity index is 1.87. The highest BCUT2D eigenvalue weighted by atomic mass is 16.6. The fourth-order valence-corrected chi connectivity index (χ4v) is 3.48. The fraction of sp³-hybridized carbons (Fsp3) is 0.481. The van der Waals surface area contributed by atoms with Crippen LogP contribution in [0.4, 0.5) is 4.79 Å². The summed E-state index contributed by atoms with van der Waals surface area (Å²) in [6, 6.07) is 16.3. The molecule has 34 heavy (non-hydrogen) atoms. The highest BCUT2D eigenvalue weighted by Crippen LogP contribution is 2.16. The van der Waals surface area contributed by atoms with E-state index in [0.717, 1.165) is 24.8 Å². The number of ether oxygens (including phenoxy) is 3. The highest BCUT2D eigenvalue weighted by molar-refractivity contribution is 5.72. The lowest BCUT2D eigenvalue weighted by molar-refractivity contribution is -0.149. The molecule has 2 aromatic rings. The molecule has 7 nitrogen and oxygen atoms in total. The van der Waals surface area contributed by atoms with Gasteiger partial charge >= 0.3 is 12.1 Å². The molecule has 186 valence electrons. The second kappa shape index (κ2) is 15.7. The van der Waals surface area contributed by atoms with E-state index in [9.17, 15) is 14.7 Å². The van der Waals surface area contributed by atoms with Crippen molar-refractivity contribution in [3.8, 4) is 11.5 Å². The van der Waals surface area contributed by atoms with Crippen molar-refractivity contribution in [3.63, 3.8) is 0 Å². The average molecular weight is 472 g/mol. The Kier molecular flexibility index (Phi) is 12.6. The van der Waals surface area contributed by atoms with E-state index >= 15 is 0 Å². The van der Waals surface area contributed by atoms with Crippen molar-refractivity contribution in [2.24, 2.45) is 0 Å². The summed E-state index contributed by atoms with van der Waals surface area (Å²) in [5.41, 5.74) is 0.855. The summed E-state index contributed by atoms with van der Waals surface area (Å²) in [4.78, 5) is 25.7. The predicted octanol–water partition coefficient (Wildman–Crippen LogP) is 5.57. The standard InChI is InChI=1S/C27H37NO6/c1-3-5-6-7-11-18-28(27(31)34-24-12-9-8-10-13-24)19-20-33-23-16-14-22(15-17-23)21-25(26(29)30)32-4-2/h8-10,12-17,25H,3-7,11,18-21H2,1-2H3,(H,29,30).